The molecule has 2 rings (SSSR count). The van der Waals surface area contributed by atoms with Gasteiger partial charge in [-0.2, -0.15) is 0 Å². The van der Waals surface area contributed by atoms with Gasteiger partial charge < -0.3 is 5.32 Å². The van der Waals surface area contributed by atoms with Crippen molar-refractivity contribution in [3.8, 4) is 0 Å². The number of aryl methyl sites for hydroxylation is 2. The number of rotatable bonds is 5. The maximum absolute atomic E-state index is 6.22. The molecular weight excluding hydrogens is 278 g/mol. The largest absolute Gasteiger partial charge is 0.309 e. The van der Waals surface area contributed by atoms with E-state index < -0.39 is 0 Å². The van der Waals surface area contributed by atoms with Gasteiger partial charge in [0.15, 0.2) is 0 Å². The van der Waals surface area contributed by atoms with Crippen molar-refractivity contribution in [1.82, 2.24) is 14.9 Å². The molecule has 1 aromatic carbocycles. The lowest BCUT2D eigenvalue weighted by atomic mass is 10.0. The molecule has 0 radical (unpaired) electrons. The molecule has 1 heterocycles. The summed E-state index contributed by atoms with van der Waals surface area (Å²) in [4.78, 5) is 1.18. The van der Waals surface area contributed by atoms with Crippen LogP contribution in [-0.4, -0.2) is 16.6 Å². The summed E-state index contributed by atoms with van der Waals surface area (Å²) in [5.41, 5.74) is 3.33. The minimum absolute atomic E-state index is 0.111. The van der Waals surface area contributed by atoms with Crippen LogP contribution in [0.4, 0.5) is 0 Å². The van der Waals surface area contributed by atoms with Gasteiger partial charge in [0.05, 0.1) is 16.6 Å². The fraction of sp³-hybridized carbons (Fsp3) is 0.429. The van der Waals surface area contributed by atoms with Crippen molar-refractivity contribution in [1.29, 1.82) is 0 Å². The monoisotopic (exact) mass is 295 g/mol. The van der Waals surface area contributed by atoms with Gasteiger partial charge in [-0.1, -0.05) is 41.6 Å². The van der Waals surface area contributed by atoms with Gasteiger partial charge in [0.25, 0.3) is 0 Å². The number of nitrogens with one attached hydrogen (secondary N) is 1. The average molecular weight is 296 g/mol. The Morgan fingerprint density at radius 3 is 2.84 bits per heavy atom. The molecule has 0 saturated heterocycles. The summed E-state index contributed by atoms with van der Waals surface area (Å²) in [7, 11) is 1.95. The minimum Gasteiger partial charge on any atom is -0.309 e. The topological polar surface area (TPSA) is 37.8 Å². The Hall–Kier alpha value is -0.970. The highest BCUT2D eigenvalue weighted by Crippen LogP contribution is 2.29. The van der Waals surface area contributed by atoms with Crippen molar-refractivity contribution >= 4 is 23.1 Å². The lowest BCUT2D eigenvalue weighted by Gasteiger charge is -2.16. The Kier molecular flexibility index (Phi) is 4.91. The molecule has 0 saturated carbocycles. The zero-order valence-electron chi connectivity index (χ0n) is 11.4. The molecular formula is C14H18ClN3S. The van der Waals surface area contributed by atoms with Crippen molar-refractivity contribution in [3.05, 3.63) is 44.9 Å². The molecule has 0 spiro atoms. The van der Waals surface area contributed by atoms with Crippen molar-refractivity contribution < 1.29 is 0 Å². The molecule has 5 heteroatoms. The van der Waals surface area contributed by atoms with Crippen molar-refractivity contribution in [2.24, 2.45) is 0 Å². The third kappa shape index (κ3) is 3.14. The van der Waals surface area contributed by atoms with E-state index in [1.54, 1.807) is 0 Å². The van der Waals surface area contributed by atoms with Gasteiger partial charge in [0.2, 0.25) is 0 Å². The van der Waals surface area contributed by atoms with Crippen molar-refractivity contribution in [2.75, 3.05) is 7.05 Å². The minimum atomic E-state index is 0.111. The highest BCUT2D eigenvalue weighted by atomic mass is 35.5. The molecule has 1 unspecified atom stereocenters. The van der Waals surface area contributed by atoms with Gasteiger partial charge >= 0.3 is 0 Å². The molecule has 0 amide bonds. The number of benzene rings is 1. The first-order valence-electron chi connectivity index (χ1n) is 6.41. The van der Waals surface area contributed by atoms with Gasteiger partial charge in [-0.25, -0.2) is 0 Å². The fourth-order valence-corrected chi connectivity index (χ4v) is 3.11. The quantitative estimate of drug-likeness (QED) is 0.912. The second-order valence-electron chi connectivity index (χ2n) is 4.56. The second kappa shape index (κ2) is 6.46. The van der Waals surface area contributed by atoms with Crippen LogP contribution < -0.4 is 5.32 Å². The van der Waals surface area contributed by atoms with Crippen LogP contribution in [0.15, 0.2) is 18.2 Å². The highest BCUT2D eigenvalue weighted by Gasteiger charge is 2.19. The normalized spacial score (nSPS) is 12.6. The van der Waals surface area contributed by atoms with Crippen LogP contribution in [0.25, 0.3) is 0 Å². The van der Waals surface area contributed by atoms with E-state index in [0.717, 1.165) is 34.7 Å². The Morgan fingerprint density at radius 1 is 1.42 bits per heavy atom. The zero-order valence-corrected chi connectivity index (χ0v) is 13.0. The molecule has 1 aromatic heterocycles. The second-order valence-corrected chi connectivity index (χ2v) is 5.76. The van der Waals surface area contributed by atoms with Gasteiger partial charge in [-0.05, 0) is 49.1 Å². The third-order valence-electron chi connectivity index (χ3n) is 3.15. The standard InChI is InChI=1S/C14H18ClN3S/c1-4-5-12-14(19-18-17-12)13(16-3)10-7-6-9(2)11(15)8-10/h6-8,13,16H,4-5H2,1-3H3. The molecule has 0 fully saturated rings. The third-order valence-corrected chi connectivity index (χ3v) is 4.39. The van der Waals surface area contributed by atoms with Gasteiger partial charge in [0, 0.05) is 5.02 Å². The highest BCUT2D eigenvalue weighted by molar-refractivity contribution is 7.05. The van der Waals surface area contributed by atoms with E-state index in [1.165, 1.54) is 16.4 Å². The smallest absolute Gasteiger partial charge is 0.0807 e. The van der Waals surface area contributed by atoms with E-state index in [4.69, 9.17) is 11.6 Å². The maximum atomic E-state index is 6.22. The Bertz CT molecular complexity index is 553. The van der Waals surface area contributed by atoms with Crippen LogP contribution in [0, 0.1) is 6.92 Å². The van der Waals surface area contributed by atoms with Gasteiger partial charge in [-0.15, -0.1) is 5.10 Å². The summed E-state index contributed by atoms with van der Waals surface area (Å²) in [6.07, 6.45) is 2.03. The predicted molar refractivity (Wildman–Crippen MR) is 81.0 cm³/mol. The summed E-state index contributed by atoms with van der Waals surface area (Å²) in [5, 5.41) is 8.37. The molecule has 1 atom stereocenters. The fourth-order valence-electron chi connectivity index (χ4n) is 2.08. The lowest BCUT2D eigenvalue weighted by Crippen LogP contribution is -2.18. The van der Waals surface area contributed by atoms with Gasteiger partial charge in [0.1, 0.15) is 0 Å². The van der Waals surface area contributed by atoms with Crippen LogP contribution in [0.5, 0.6) is 0 Å². The molecule has 19 heavy (non-hydrogen) atoms. The molecule has 2 aromatic rings. The molecule has 0 aliphatic carbocycles. The summed E-state index contributed by atoms with van der Waals surface area (Å²) in [6, 6.07) is 6.29. The maximum Gasteiger partial charge on any atom is 0.0807 e. The lowest BCUT2D eigenvalue weighted by molar-refractivity contribution is 0.688. The predicted octanol–water partition coefficient (Wildman–Crippen LogP) is 3.76. The first-order valence-corrected chi connectivity index (χ1v) is 7.57. The van der Waals surface area contributed by atoms with E-state index in [0.29, 0.717) is 0 Å². The van der Waals surface area contributed by atoms with Crippen molar-refractivity contribution in [2.45, 2.75) is 32.7 Å². The number of hydrogen-bond donors (Lipinski definition) is 1. The van der Waals surface area contributed by atoms with E-state index in [2.05, 4.69) is 34.0 Å². The molecule has 3 nitrogen and oxygen atoms in total. The van der Waals surface area contributed by atoms with E-state index in [9.17, 15) is 0 Å². The van der Waals surface area contributed by atoms with Crippen LogP contribution in [-0.2, 0) is 6.42 Å². The van der Waals surface area contributed by atoms with E-state index in [-0.39, 0.29) is 6.04 Å². The number of halogens is 1. The SMILES string of the molecule is CCCc1nnsc1C(NC)c1ccc(C)c(Cl)c1. The molecule has 0 bridgehead atoms. The average Bonchev–Trinajstić information content (AvgIpc) is 2.83. The number of aromatic nitrogens is 2. The Labute approximate surface area is 123 Å². The van der Waals surface area contributed by atoms with Crippen LogP contribution in [0.1, 0.15) is 41.1 Å². The first kappa shape index (κ1) is 14.4. The van der Waals surface area contributed by atoms with Crippen LogP contribution in [0.2, 0.25) is 5.02 Å². The van der Waals surface area contributed by atoms with Crippen LogP contribution in [0.3, 0.4) is 0 Å². The molecule has 0 aliphatic heterocycles. The summed E-state index contributed by atoms with van der Waals surface area (Å²) in [5.74, 6) is 0. The summed E-state index contributed by atoms with van der Waals surface area (Å²) in [6.45, 7) is 4.16. The molecule has 102 valence electrons. The van der Waals surface area contributed by atoms with Crippen LogP contribution >= 0.6 is 23.1 Å². The van der Waals surface area contributed by atoms with E-state index >= 15 is 0 Å². The molecule has 0 aliphatic rings. The van der Waals surface area contributed by atoms with E-state index in [1.807, 2.05) is 20.0 Å². The first-order chi connectivity index (χ1) is 9.17. The number of hydrogen-bond acceptors (Lipinski definition) is 4. The van der Waals surface area contributed by atoms with Crippen molar-refractivity contribution in [3.63, 3.8) is 0 Å². The molecule has 1 N–H and O–H groups in total. The number of nitrogens with zero attached hydrogens (tertiary/aromatic N) is 2. The Morgan fingerprint density at radius 2 is 2.21 bits per heavy atom. The zero-order chi connectivity index (χ0) is 13.8. The summed E-state index contributed by atoms with van der Waals surface area (Å²) >= 11 is 7.68. The Balaban J connectivity index is 2.38. The van der Waals surface area contributed by atoms with Gasteiger partial charge in [-0.3, -0.25) is 0 Å². The summed E-state index contributed by atoms with van der Waals surface area (Å²) < 4.78 is 4.09.